The molecule has 6 heteroatoms. The molecule has 0 amide bonds. The van der Waals surface area contributed by atoms with Gasteiger partial charge in [-0.1, -0.05) is 13.2 Å². The summed E-state index contributed by atoms with van der Waals surface area (Å²) in [5.74, 6) is 0. The number of rotatable bonds is 8. The van der Waals surface area contributed by atoms with Crippen LogP contribution in [-0.4, -0.2) is 35.6 Å². The second-order valence-electron chi connectivity index (χ2n) is 3.23. The zero-order valence-corrected chi connectivity index (χ0v) is 10.4. The molecule has 0 heterocycles. The molecule has 0 aliphatic carbocycles. The number of hydrogen-bond acceptors (Lipinski definition) is 1. The lowest BCUT2D eigenvalue weighted by molar-refractivity contribution is -0.888. The lowest BCUT2D eigenvalue weighted by atomic mass is 10.4. The molecule has 0 fully saturated rings. The predicted molar refractivity (Wildman–Crippen MR) is 57.5 cm³/mol. The van der Waals surface area contributed by atoms with Gasteiger partial charge in [0.2, 0.25) is 0 Å². The van der Waals surface area contributed by atoms with Crippen LogP contribution in [0.2, 0.25) is 0 Å². The molecule has 0 atom stereocenters. The Hall–Kier alpha value is -0.120. The Bertz CT molecular complexity index is 219. The molecule has 0 saturated heterocycles. The Kier molecular flexibility index (Phi) is 10.5. The van der Waals surface area contributed by atoms with Crippen LogP contribution in [0.25, 0.3) is 0 Å². The maximum atomic E-state index is 10.6. The largest absolute Gasteiger partial charge is 1.00 e. The van der Waals surface area contributed by atoms with Crippen LogP contribution in [0.3, 0.4) is 0 Å². The molecular weight excluding hydrogens is 237 g/mol. The highest BCUT2D eigenvalue weighted by molar-refractivity contribution is 7.51. The summed E-state index contributed by atoms with van der Waals surface area (Å²) in [5.41, 5.74) is 0. The summed E-state index contributed by atoms with van der Waals surface area (Å²) in [6.07, 6.45) is 4.10. The van der Waals surface area contributed by atoms with Gasteiger partial charge in [0, 0.05) is 6.42 Å². The third-order valence-corrected chi connectivity index (χ3v) is 2.74. The first-order valence-electron chi connectivity index (χ1n) is 4.59. The van der Waals surface area contributed by atoms with Gasteiger partial charge in [-0.05, 0) is 12.2 Å². The Labute approximate surface area is 97.2 Å². The van der Waals surface area contributed by atoms with Gasteiger partial charge in [0.05, 0.1) is 25.8 Å². The van der Waals surface area contributed by atoms with Gasteiger partial charge in [-0.15, -0.1) is 0 Å². The summed E-state index contributed by atoms with van der Waals surface area (Å²) in [6.45, 7) is 9.60. The molecule has 0 bridgehead atoms. The highest BCUT2D eigenvalue weighted by atomic mass is 35.5. The van der Waals surface area contributed by atoms with Crippen LogP contribution in [0, 0.1) is 0 Å². The lowest BCUT2D eigenvalue weighted by Gasteiger charge is -2.15. The molecule has 0 aromatic rings. The molecule has 0 aromatic carbocycles. The minimum absolute atomic E-state index is 0. The third kappa shape index (κ3) is 11.8. The Morgan fingerprint density at radius 3 is 2.00 bits per heavy atom. The molecule has 3 N–H and O–H groups in total. The summed E-state index contributed by atoms with van der Waals surface area (Å²) in [7, 11) is -3.82. The number of quaternary nitrogens is 1. The molecule has 0 aliphatic heterocycles. The lowest BCUT2D eigenvalue weighted by Crippen LogP contribution is -3.11. The van der Waals surface area contributed by atoms with Crippen molar-refractivity contribution in [3.63, 3.8) is 0 Å². The normalized spacial score (nSPS) is 10.9. The van der Waals surface area contributed by atoms with Crippen molar-refractivity contribution in [3.05, 3.63) is 25.3 Å². The van der Waals surface area contributed by atoms with E-state index < -0.39 is 7.60 Å². The van der Waals surface area contributed by atoms with Gasteiger partial charge in [-0.25, -0.2) is 0 Å². The summed E-state index contributed by atoms with van der Waals surface area (Å²) < 4.78 is 10.6. The fourth-order valence-corrected chi connectivity index (χ4v) is 1.80. The fraction of sp³-hybridized carbons (Fsp3) is 0.556. The molecule has 0 spiro atoms. The van der Waals surface area contributed by atoms with Gasteiger partial charge in [0.15, 0.2) is 0 Å². The van der Waals surface area contributed by atoms with Crippen LogP contribution in [0.15, 0.2) is 25.3 Å². The first-order valence-corrected chi connectivity index (χ1v) is 6.39. The van der Waals surface area contributed by atoms with Crippen LogP contribution in [0.4, 0.5) is 0 Å². The molecular formula is C9H19ClNO3P. The average molecular weight is 256 g/mol. The van der Waals surface area contributed by atoms with E-state index in [-0.39, 0.29) is 18.6 Å². The Morgan fingerprint density at radius 2 is 1.67 bits per heavy atom. The number of nitrogens with one attached hydrogen (secondary N) is 1. The van der Waals surface area contributed by atoms with E-state index in [1.807, 2.05) is 0 Å². The van der Waals surface area contributed by atoms with E-state index in [4.69, 9.17) is 9.79 Å². The van der Waals surface area contributed by atoms with Crippen LogP contribution in [0.1, 0.15) is 6.42 Å². The van der Waals surface area contributed by atoms with E-state index in [1.54, 1.807) is 12.2 Å². The van der Waals surface area contributed by atoms with Crippen LogP contribution < -0.4 is 17.3 Å². The van der Waals surface area contributed by atoms with Crippen LogP contribution >= 0.6 is 7.60 Å². The molecule has 15 heavy (non-hydrogen) atoms. The SMILES string of the molecule is C=CC[NH+](CC=C)CCCP(=O)(O)O.[Cl-]. The van der Waals surface area contributed by atoms with Gasteiger partial charge < -0.3 is 27.1 Å². The summed E-state index contributed by atoms with van der Waals surface area (Å²) in [6, 6.07) is 0. The van der Waals surface area contributed by atoms with Crippen molar-refractivity contribution < 1.29 is 31.7 Å². The molecule has 0 aromatic heterocycles. The van der Waals surface area contributed by atoms with Crippen molar-refractivity contribution in [2.24, 2.45) is 0 Å². The highest BCUT2D eigenvalue weighted by Gasteiger charge is 2.14. The monoisotopic (exact) mass is 255 g/mol. The molecule has 4 nitrogen and oxygen atoms in total. The molecule has 0 radical (unpaired) electrons. The quantitative estimate of drug-likeness (QED) is 0.317. The predicted octanol–water partition coefficient (Wildman–Crippen LogP) is -3.18. The fourth-order valence-electron chi connectivity index (χ4n) is 1.23. The molecule has 0 aliphatic rings. The minimum atomic E-state index is -3.82. The summed E-state index contributed by atoms with van der Waals surface area (Å²) in [5, 5.41) is 0. The Morgan fingerprint density at radius 1 is 1.20 bits per heavy atom. The van der Waals surface area contributed by atoms with Gasteiger partial charge in [0.25, 0.3) is 0 Å². The third-order valence-electron chi connectivity index (χ3n) is 1.85. The Balaban J connectivity index is 0. The first-order chi connectivity index (χ1) is 6.49. The van der Waals surface area contributed by atoms with Crippen molar-refractivity contribution in [3.8, 4) is 0 Å². The average Bonchev–Trinajstić information content (AvgIpc) is 2.02. The van der Waals surface area contributed by atoms with Crippen molar-refractivity contribution >= 4 is 7.60 Å². The minimum Gasteiger partial charge on any atom is -1.00 e. The molecule has 90 valence electrons. The second kappa shape index (κ2) is 9.13. The first kappa shape index (κ1) is 17.3. The topological polar surface area (TPSA) is 62.0 Å². The molecule has 0 rings (SSSR count). The van der Waals surface area contributed by atoms with E-state index in [0.29, 0.717) is 6.42 Å². The van der Waals surface area contributed by atoms with Crippen molar-refractivity contribution in [2.75, 3.05) is 25.8 Å². The summed E-state index contributed by atoms with van der Waals surface area (Å²) in [4.78, 5) is 18.5. The van der Waals surface area contributed by atoms with E-state index in [9.17, 15) is 4.57 Å². The number of halogens is 1. The van der Waals surface area contributed by atoms with E-state index in [1.165, 1.54) is 4.90 Å². The van der Waals surface area contributed by atoms with Crippen LogP contribution in [0.5, 0.6) is 0 Å². The van der Waals surface area contributed by atoms with Crippen molar-refractivity contribution in [1.29, 1.82) is 0 Å². The van der Waals surface area contributed by atoms with Crippen molar-refractivity contribution in [2.45, 2.75) is 6.42 Å². The van der Waals surface area contributed by atoms with Gasteiger partial charge >= 0.3 is 7.60 Å². The zero-order valence-electron chi connectivity index (χ0n) is 8.73. The highest BCUT2D eigenvalue weighted by Crippen LogP contribution is 2.34. The van der Waals surface area contributed by atoms with E-state index in [0.717, 1.165) is 19.6 Å². The summed E-state index contributed by atoms with van der Waals surface area (Å²) >= 11 is 0. The van der Waals surface area contributed by atoms with Crippen LogP contribution in [-0.2, 0) is 4.57 Å². The molecule has 0 saturated carbocycles. The standard InChI is InChI=1S/C9H18NO3P.ClH/c1-3-6-10(7-4-2)8-5-9-14(11,12)13;/h3-4H,1-2,5-9H2,(H2,11,12,13);1H. The van der Waals surface area contributed by atoms with E-state index in [2.05, 4.69) is 13.2 Å². The maximum absolute atomic E-state index is 10.6. The van der Waals surface area contributed by atoms with E-state index >= 15 is 0 Å². The van der Waals surface area contributed by atoms with Gasteiger partial charge in [-0.3, -0.25) is 4.57 Å². The van der Waals surface area contributed by atoms with Gasteiger partial charge in [-0.2, -0.15) is 0 Å². The maximum Gasteiger partial charge on any atom is 0.325 e. The number of hydrogen-bond donors (Lipinski definition) is 3. The van der Waals surface area contributed by atoms with Gasteiger partial charge in [0.1, 0.15) is 0 Å². The second-order valence-corrected chi connectivity index (χ2v) is 5.00. The zero-order chi connectivity index (χ0) is 11.0. The molecule has 0 unspecified atom stereocenters. The van der Waals surface area contributed by atoms with Crippen molar-refractivity contribution in [1.82, 2.24) is 0 Å². The smallest absolute Gasteiger partial charge is 0.325 e.